The Balaban J connectivity index is 4.45. The molecule has 0 N–H and O–H groups in total. The van der Waals surface area contributed by atoms with E-state index in [0.29, 0.717) is 6.42 Å². The van der Waals surface area contributed by atoms with Crippen molar-refractivity contribution in [3.8, 4) is 0 Å². The van der Waals surface area contributed by atoms with Crippen LogP contribution in [0.4, 0.5) is 0 Å². The van der Waals surface area contributed by atoms with E-state index < -0.39 is 23.8 Å². The molecule has 0 aliphatic rings. The first-order chi connectivity index (χ1) is 6.52. The first-order valence-electron chi connectivity index (χ1n) is 4.30. The highest BCUT2D eigenvalue weighted by Crippen LogP contribution is 2.03. The molecule has 0 saturated carbocycles. The highest BCUT2D eigenvalue weighted by atomic mass is 16.6. The molecule has 0 saturated heterocycles. The van der Waals surface area contributed by atoms with Crippen LogP contribution in [-0.4, -0.2) is 30.9 Å². The number of rotatable bonds is 5. The van der Waals surface area contributed by atoms with Crippen LogP contribution in [0.15, 0.2) is 0 Å². The third-order valence-corrected chi connectivity index (χ3v) is 1.49. The third kappa shape index (κ3) is 4.02. The average Bonchev–Trinajstić information content (AvgIpc) is 2.13. The van der Waals surface area contributed by atoms with Gasteiger partial charge >= 0.3 is 11.9 Å². The highest BCUT2D eigenvalue weighted by molar-refractivity contribution is 6.03. The van der Waals surface area contributed by atoms with Crippen molar-refractivity contribution in [3.63, 3.8) is 0 Å². The van der Waals surface area contributed by atoms with E-state index in [1.54, 1.807) is 6.92 Å². The molecule has 0 aromatic carbocycles. The normalized spacial score (nSPS) is 11.6. The lowest BCUT2D eigenvalue weighted by molar-refractivity contribution is -0.168. The van der Waals surface area contributed by atoms with E-state index in [9.17, 15) is 14.4 Å². The Hall–Kier alpha value is -1.39. The van der Waals surface area contributed by atoms with Gasteiger partial charge in [0.25, 0.3) is 6.10 Å². The summed E-state index contributed by atoms with van der Waals surface area (Å²) in [5.74, 6) is -1.95. The number of Topliss-reactive ketones (excluding diaryl/α,β-unsaturated/α-hetero) is 1. The summed E-state index contributed by atoms with van der Waals surface area (Å²) in [5.41, 5.74) is 0. The molecule has 0 heterocycles. The van der Waals surface area contributed by atoms with Gasteiger partial charge in [0.05, 0.1) is 7.11 Å². The molecule has 0 amide bonds. The van der Waals surface area contributed by atoms with Crippen LogP contribution in [0.1, 0.15) is 26.7 Å². The third-order valence-electron chi connectivity index (χ3n) is 1.49. The molecule has 80 valence electrons. The van der Waals surface area contributed by atoms with Gasteiger partial charge in [-0.2, -0.15) is 0 Å². The maximum Gasteiger partial charge on any atom is 0.355 e. The summed E-state index contributed by atoms with van der Waals surface area (Å²) in [7, 11) is 1.14. The number of esters is 2. The molecular weight excluding hydrogens is 188 g/mol. The Morgan fingerprint density at radius 3 is 2.21 bits per heavy atom. The second-order valence-corrected chi connectivity index (χ2v) is 2.73. The van der Waals surface area contributed by atoms with E-state index in [0.717, 1.165) is 14.0 Å². The number of hydrogen-bond acceptors (Lipinski definition) is 5. The molecule has 0 rings (SSSR count). The van der Waals surface area contributed by atoms with Crippen LogP contribution in [0.25, 0.3) is 0 Å². The number of hydrogen-bond donors (Lipinski definition) is 0. The lowest BCUT2D eigenvalue weighted by atomic mass is 10.1. The van der Waals surface area contributed by atoms with Gasteiger partial charge in [-0.1, -0.05) is 6.92 Å². The van der Waals surface area contributed by atoms with E-state index in [1.165, 1.54) is 0 Å². The van der Waals surface area contributed by atoms with Gasteiger partial charge in [-0.15, -0.1) is 0 Å². The van der Waals surface area contributed by atoms with E-state index in [4.69, 9.17) is 0 Å². The summed E-state index contributed by atoms with van der Waals surface area (Å²) < 4.78 is 8.90. The molecule has 0 radical (unpaired) electrons. The summed E-state index contributed by atoms with van der Waals surface area (Å²) in [6.07, 6.45) is -0.627. The second kappa shape index (κ2) is 6.12. The molecule has 5 heteroatoms. The van der Waals surface area contributed by atoms with Gasteiger partial charge in [-0.05, 0) is 6.42 Å². The van der Waals surface area contributed by atoms with Crippen molar-refractivity contribution >= 4 is 17.7 Å². The molecule has 1 unspecified atom stereocenters. The summed E-state index contributed by atoms with van der Waals surface area (Å²) in [6, 6.07) is 0. The topological polar surface area (TPSA) is 69.7 Å². The Morgan fingerprint density at radius 1 is 1.29 bits per heavy atom. The number of ether oxygens (including phenoxy) is 2. The molecule has 0 spiro atoms. The molecule has 0 aromatic heterocycles. The van der Waals surface area contributed by atoms with Crippen molar-refractivity contribution in [2.75, 3.05) is 7.11 Å². The minimum atomic E-state index is -1.41. The molecule has 0 aromatic rings. The molecule has 1 atom stereocenters. The van der Waals surface area contributed by atoms with Crippen LogP contribution in [0.2, 0.25) is 0 Å². The number of carbonyl (C=O) groups excluding carboxylic acids is 3. The van der Waals surface area contributed by atoms with Crippen molar-refractivity contribution in [1.29, 1.82) is 0 Å². The zero-order valence-electron chi connectivity index (χ0n) is 8.53. The van der Waals surface area contributed by atoms with Gasteiger partial charge in [0, 0.05) is 13.3 Å². The van der Waals surface area contributed by atoms with Crippen molar-refractivity contribution in [2.45, 2.75) is 32.8 Å². The van der Waals surface area contributed by atoms with Crippen molar-refractivity contribution in [3.05, 3.63) is 0 Å². The van der Waals surface area contributed by atoms with Gasteiger partial charge in [0.15, 0.2) is 5.78 Å². The summed E-state index contributed by atoms with van der Waals surface area (Å²) in [4.78, 5) is 32.9. The monoisotopic (exact) mass is 202 g/mol. The van der Waals surface area contributed by atoms with Crippen LogP contribution in [-0.2, 0) is 23.9 Å². The maximum atomic E-state index is 11.3. The fraction of sp³-hybridized carbons (Fsp3) is 0.667. The minimum Gasteiger partial charge on any atom is -0.466 e. The van der Waals surface area contributed by atoms with Crippen LogP contribution >= 0.6 is 0 Å². The Labute approximate surface area is 82.4 Å². The molecule has 0 bridgehead atoms. The average molecular weight is 202 g/mol. The van der Waals surface area contributed by atoms with Crippen LogP contribution in [0, 0.1) is 0 Å². The highest BCUT2D eigenvalue weighted by Gasteiger charge is 2.29. The largest absolute Gasteiger partial charge is 0.466 e. The van der Waals surface area contributed by atoms with Gasteiger partial charge in [-0.25, -0.2) is 4.79 Å². The molecule has 0 aliphatic carbocycles. The van der Waals surface area contributed by atoms with Crippen LogP contribution < -0.4 is 0 Å². The fourth-order valence-corrected chi connectivity index (χ4v) is 0.896. The Kier molecular flexibility index (Phi) is 5.52. The Bertz CT molecular complexity index is 233. The first-order valence-corrected chi connectivity index (χ1v) is 4.30. The zero-order chi connectivity index (χ0) is 11.1. The van der Waals surface area contributed by atoms with Gasteiger partial charge < -0.3 is 9.47 Å². The fourth-order valence-electron chi connectivity index (χ4n) is 0.896. The zero-order valence-corrected chi connectivity index (χ0v) is 8.53. The quantitative estimate of drug-likeness (QED) is 0.478. The van der Waals surface area contributed by atoms with E-state index in [2.05, 4.69) is 9.47 Å². The molecule has 5 nitrogen and oxygen atoms in total. The number of ketones is 1. The summed E-state index contributed by atoms with van der Waals surface area (Å²) >= 11 is 0. The van der Waals surface area contributed by atoms with E-state index in [1.807, 2.05) is 0 Å². The maximum absolute atomic E-state index is 11.3. The van der Waals surface area contributed by atoms with Crippen molar-refractivity contribution in [2.24, 2.45) is 0 Å². The van der Waals surface area contributed by atoms with Crippen LogP contribution in [0.5, 0.6) is 0 Å². The summed E-state index contributed by atoms with van der Waals surface area (Å²) in [6.45, 7) is 2.93. The van der Waals surface area contributed by atoms with Crippen molar-refractivity contribution < 1.29 is 23.9 Å². The van der Waals surface area contributed by atoms with Gasteiger partial charge in [0.1, 0.15) is 0 Å². The van der Waals surface area contributed by atoms with Gasteiger partial charge in [-0.3, -0.25) is 9.59 Å². The molecule has 0 fully saturated rings. The predicted octanol–water partition coefficient (Wildman–Crippen LogP) is 0.460. The standard InChI is InChI=1S/C9H14O5/c1-4-5-7(11)8(9(12)13-3)14-6(2)10/h8H,4-5H2,1-3H3. The SMILES string of the molecule is CCCC(=O)C(OC(C)=O)C(=O)OC. The molecule has 0 aliphatic heterocycles. The predicted molar refractivity (Wildman–Crippen MR) is 47.5 cm³/mol. The Morgan fingerprint density at radius 2 is 1.86 bits per heavy atom. The second-order valence-electron chi connectivity index (χ2n) is 2.73. The van der Waals surface area contributed by atoms with E-state index in [-0.39, 0.29) is 6.42 Å². The van der Waals surface area contributed by atoms with E-state index >= 15 is 0 Å². The van der Waals surface area contributed by atoms with Crippen LogP contribution in [0.3, 0.4) is 0 Å². The van der Waals surface area contributed by atoms with Crippen molar-refractivity contribution in [1.82, 2.24) is 0 Å². The number of carbonyl (C=O) groups is 3. The lowest BCUT2D eigenvalue weighted by Crippen LogP contribution is -2.35. The smallest absolute Gasteiger partial charge is 0.355 e. The van der Waals surface area contributed by atoms with Gasteiger partial charge in [0.2, 0.25) is 0 Å². The first kappa shape index (κ1) is 12.6. The summed E-state index contributed by atoms with van der Waals surface area (Å²) in [5, 5.41) is 0. The molecule has 14 heavy (non-hydrogen) atoms. The minimum absolute atomic E-state index is 0.188. The molecular formula is C9H14O5. The number of methoxy groups -OCH3 is 1. The lowest BCUT2D eigenvalue weighted by Gasteiger charge is -2.12.